The molecule has 0 spiro atoms. The summed E-state index contributed by atoms with van der Waals surface area (Å²) in [6, 6.07) is 7.23. The number of rotatable bonds is 6. The minimum absolute atomic E-state index is 0.0214. The Hall–Kier alpha value is -3.07. The molecule has 3 N–H and O–H groups in total. The van der Waals surface area contributed by atoms with E-state index in [9.17, 15) is 24.6 Å². The summed E-state index contributed by atoms with van der Waals surface area (Å²) in [7, 11) is 3.18. The van der Waals surface area contributed by atoms with Crippen LogP contribution in [0.1, 0.15) is 25.6 Å². The fourth-order valence-corrected chi connectivity index (χ4v) is 5.52. The Kier molecular flexibility index (Phi) is 7.39. The van der Waals surface area contributed by atoms with E-state index in [-0.39, 0.29) is 19.6 Å². The van der Waals surface area contributed by atoms with E-state index in [0.717, 1.165) is 10.1 Å². The summed E-state index contributed by atoms with van der Waals surface area (Å²) in [5.41, 5.74) is -0.396. The molecule has 4 heterocycles. The van der Waals surface area contributed by atoms with Gasteiger partial charge in [-0.2, -0.15) is 0 Å². The number of hydrogen-bond acceptors (Lipinski definition) is 10. The Labute approximate surface area is 224 Å². The highest BCUT2D eigenvalue weighted by Gasteiger charge is 2.59. The lowest BCUT2D eigenvalue weighted by Crippen LogP contribution is -2.56. The standard InChI is InChI=1S/C26H34N4O9/c1-26(2)38-21-20(19(33)18-23(34)27-11-15(31)13-28(18)3)37-24(22(21)39-26)29-10-9-17(32)30(25(29)35)12-14-5-7-16(36-4)8-6-14/h5-10,15,18-22,24,31,33H,11-13H2,1-4H3,(H,27,34)/t15-,18-,19+,20+,21+,22+,24+/m0/s1. The van der Waals surface area contributed by atoms with Crippen LogP contribution in [0, 0.1) is 0 Å². The minimum atomic E-state index is -1.38. The number of aliphatic hydroxyl groups is 2. The highest BCUT2D eigenvalue weighted by molar-refractivity contribution is 5.82. The van der Waals surface area contributed by atoms with Crippen molar-refractivity contribution in [2.45, 2.75) is 69.0 Å². The Morgan fingerprint density at radius 1 is 1.13 bits per heavy atom. The lowest BCUT2D eigenvalue weighted by Gasteiger charge is -2.33. The van der Waals surface area contributed by atoms with Crippen LogP contribution in [0.2, 0.25) is 0 Å². The van der Waals surface area contributed by atoms with Gasteiger partial charge in [-0.05, 0) is 38.6 Å². The van der Waals surface area contributed by atoms with E-state index in [1.807, 2.05) is 0 Å². The molecule has 3 aliphatic heterocycles. The predicted octanol–water partition coefficient (Wildman–Crippen LogP) is -1.36. The molecular weight excluding hydrogens is 512 g/mol. The summed E-state index contributed by atoms with van der Waals surface area (Å²) in [4.78, 5) is 40.7. The summed E-state index contributed by atoms with van der Waals surface area (Å²) in [5.74, 6) is -0.867. The largest absolute Gasteiger partial charge is 0.497 e. The quantitative estimate of drug-likeness (QED) is 0.396. The van der Waals surface area contributed by atoms with E-state index in [1.165, 1.54) is 16.8 Å². The van der Waals surface area contributed by atoms with Gasteiger partial charge in [-0.15, -0.1) is 0 Å². The van der Waals surface area contributed by atoms with Crippen molar-refractivity contribution in [3.63, 3.8) is 0 Å². The first-order valence-electron chi connectivity index (χ1n) is 12.8. The monoisotopic (exact) mass is 546 g/mol. The molecule has 212 valence electrons. The lowest BCUT2D eigenvalue weighted by molar-refractivity contribution is -0.211. The molecule has 39 heavy (non-hydrogen) atoms. The Bertz CT molecular complexity index is 1320. The second-order valence-corrected chi connectivity index (χ2v) is 10.6. The van der Waals surface area contributed by atoms with Gasteiger partial charge < -0.3 is 34.5 Å². The summed E-state index contributed by atoms with van der Waals surface area (Å²) in [5, 5.41) is 24.1. The van der Waals surface area contributed by atoms with E-state index in [0.29, 0.717) is 5.75 Å². The molecule has 13 nitrogen and oxygen atoms in total. The lowest BCUT2D eigenvalue weighted by atomic mass is 9.98. The van der Waals surface area contributed by atoms with Crippen molar-refractivity contribution < 1.29 is 34.0 Å². The van der Waals surface area contributed by atoms with Crippen molar-refractivity contribution in [1.29, 1.82) is 0 Å². The topological polar surface area (TPSA) is 154 Å². The summed E-state index contributed by atoms with van der Waals surface area (Å²) in [6.45, 7) is 3.65. The second-order valence-electron chi connectivity index (χ2n) is 10.6. The van der Waals surface area contributed by atoms with Crippen LogP contribution in [-0.2, 0) is 25.5 Å². The van der Waals surface area contributed by atoms with Gasteiger partial charge in [0.15, 0.2) is 12.0 Å². The Morgan fingerprint density at radius 2 is 1.82 bits per heavy atom. The average Bonchev–Trinajstić information content (AvgIpc) is 3.34. The minimum Gasteiger partial charge on any atom is -0.497 e. The number of fused-ring (bicyclic) bond motifs is 1. The van der Waals surface area contributed by atoms with Crippen LogP contribution in [-0.4, -0.2) is 99.8 Å². The van der Waals surface area contributed by atoms with E-state index in [1.54, 1.807) is 57.2 Å². The van der Waals surface area contributed by atoms with Crippen molar-refractivity contribution in [1.82, 2.24) is 19.4 Å². The van der Waals surface area contributed by atoms with Crippen LogP contribution in [0.4, 0.5) is 0 Å². The van der Waals surface area contributed by atoms with Crippen molar-refractivity contribution >= 4 is 5.91 Å². The molecule has 0 saturated carbocycles. The maximum absolute atomic E-state index is 13.6. The van der Waals surface area contributed by atoms with Gasteiger partial charge in [0.05, 0.1) is 19.8 Å². The Morgan fingerprint density at radius 3 is 2.51 bits per heavy atom. The van der Waals surface area contributed by atoms with Crippen LogP contribution in [0.25, 0.3) is 0 Å². The first-order chi connectivity index (χ1) is 18.5. The highest BCUT2D eigenvalue weighted by atomic mass is 16.8. The van der Waals surface area contributed by atoms with Gasteiger partial charge >= 0.3 is 5.69 Å². The molecule has 3 saturated heterocycles. The molecule has 13 heteroatoms. The van der Waals surface area contributed by atoms with Gasteiger partial charge in [0.2, 0.25) is 5.91 Å². The molecule has 0 aliphatic carbocycles. The van der Waals surface area contributed by atoms with Crippen LogP contribution < -0.4 is 21.3 Å². The zero-order chi connectivity index (χ0) is 28.1. The number of aliphatic hydroxyl groups excluding tert-OH is 2. The molecule has 3 fully saturated rings. The molecular formula is C26H34N4O9. The molecule has 1 aromatic carbocycles. The molecule has 1 amide bonds. The fraction of sp³-hybridized carbons (Fsp3) is 0.577. The smallest absolute Gasteiger partial charge is 0.333 e. The Balaban J connectivity index is 1.47. The van der Waals surface area contributed by atoms with Crippen LogP contribution in [0.5, 0.6) is 5.75 Å². The molecule has 5 rings (SSSR count). The van der Waals surface area contributed by atoms with E-state index < -0.39 is 65.7 Å². The number of hydrogen-bond donors (Lipinski definition) is 3. The van der Waals surface area contributed by atoms with Gasteiger partial charge in [-0.1, -0.05) is 12.1 Å². The molecule has 1 aromatic heterocycles. The fourth-order valence-electron chi connectivity index (χ4n) is 5.52. The number of aromatic nitrogens is 2. The molecule has 0 bridgehead atoms. The van der Waals surface area contributed by atoms with Gasteiger partial charge in [-0.25, -0.2) is 4.79 Å². The highest BCUT2D eigenvalue weighted by Crippen LogP contribution is 2.44. The zero-order valence-corrected chi connectivity index (χ0v) is 22.2. The van der Waals surface area contributed by atoms with Crippen LogP contribution in [0.3, 0.4) is 0 Å². The number of ether oxygens (including phenoxy) is 4. The third-order valence-corrected chi connectivity index (χ3v) is 7.35. The number of methoxy groups -OCH3 is 1. The van der Waals surface area contributed by atoms with E-state index >= 15 is 0 Å². The van der Waals surface area contributed by atoms with Crippen molar-refractivity contribution in [2.24, 2.45) is 0 Å². The number of β-amino-alcohol motifs (C(OH)–C–C–N with tert-alkyl or cyclic N) is 1. The number of nitrogens with zero attached hydrogens (tertiary/aromatic N) is 3. The average molecular weight is 547 g/mol. The van der Waals surface area contributed by atoms with Gasteiger partial charge in [0.1, 0.15) is 36.2 Å². The first-order valence-corrected chi connectivity index (χ1v) is 12.8. The summed E-state index contributed by atoms with van der Waals surface area (Å²) < 4.78 is 25.9. The number of amides is 1. The van der Waals surface area contributed by atoms with Gasteiger partial charge in [0, 0.05) is 25.4 Å². The molecule has 7 atom stereocenters. The molecule has 0 radical (unpaired) electrons. The molecule has 0 unspecified atom stereocenters. The zero-order valence-electron chi connectivity index (χ0n) is 22.2. The van der Waals surface area contributed by atoms with Gasteiger partial charge in [-0.3, -0.25) is 23.6 Å². The number of nitrogens with one attached hydrogen (secondary N) is 1. The predicted molar refractivity (Wildman–Crippen MR) is 136 cm³/mol. The van der Waals surface area contributed by atoms with E-state index in [2.05, 4.69) is 5.32 Å². The summed E-state index contributed by atoms with van der Waals surface area (Å²) >= 11 is 0. The number of benzene rings is 1. The maximum atomic E-state index is 13.6. The first kappa shape index (κ1) is 27.5. The number of carbonyl (C=O) groups is 1. The number of carbonyl (C=O) groups excluding carboxylic acids is 1. The number of likely N-dealkylation sites (N-methyl/N-ethyl adjacent to an activating group) is 1. The SMILES string of the molecule is COc1ccc(Cn2c(=O)ccn([C@@H]3O[C@H]([C@H](O)[C@H]4C(=O)NC[C@H](O)CN4C)[C@H]4OC(C)(C)O[C@H]43)c2=O)cc1. The normalized spacial score (nSPS) is 31.4. The second kappa shape index (κ2) is 10.5. The van der Waals surface area contributed by atoms with Gasteiger partial charge in [0.25, 0.3) is 5.56 Å². The summed E-state index contributed by atoms with van der Waals surface area (Å²) in [6.07, 6.45) is -4.56. The molecule has 2 aromatic rings. The van der Waals surface area contributed by atoms with Crippen LogP contribution in [0.15, 0.2) is 46.1 Å². The van der Waals surface area contributed by atoms with Crippen molar-refractivity contribution in [2.75, 3.05) is 27.2 Å². The third kappa shape index (κ3) is 5.25. The van der Waals surface area contributed by atoms with Crippen molar-refractivity contribution in [3.8, 4) is 5.75 Å². The maximum Gasteiger partial charge on any atom is 0.333 e. The van der Waals surface area contributed by atoms with E-state index in [4.69, 9.17) is 18.9 Å². The van der Waals surface area contributed by atoms with Crippen molar-refractivity contribution in [3.05, 3.63) is 62.9 Å². The third-order valence-electron chi connectivity index (χ3n) is 7.35. The van der Waals surface area contributed by atoms with Crippen LogP contribution >= 0.6 is 0 Å². The molecule has 3 aliphatic rings.